The Morgan fingerprint density at radius 2 is 2.13 bits per heavy atom. The van der Waals surface area contributed by atoms with Gasteiger partial charge in [0.2, 0.25) is 0 Å². The first-order valence-corrected chi connectivity index (χ1v) is 6.72. The molecule has 1 heterocycles. The first-order valence-electron chi connectivity index (χ1n) is 6.19. The van der Waals surface area contributed by atoms with Crippen LogP contribution in [0.3, 0.4) is 0 Å². The van der Waals surface area contributed by atoms with Crippen molar-refractivity contribution in [3.63, 3.8) is 0 Å². The molecule has 1 rings (SSSR count). The van der Waals surface area contributed by atoms with Crippen LogP contribution in [0, 0.1) is 0 Å². The first kappa shape index (κ1) is 13.3. The van der Waals surface area contributed by atoms with Crippen molar-refractivity contribution >= 4 is 11.6 Å². The summed E-state index contributed by atoms with van der Waals surface area (Å²) in [5.74, 6) is 0.815. The Morgan fingerprint density at radius 1 is 1.33 bits per heavy atom. The molecule has 3 heteroatoms. The van der Waals surface area contributed by atoms with Crippen LogP contribution in [0.1, 0.15) is 32.1 Å². The van der Waals surface area contributed by atoms with Crippen LogP contribution in [0.2, 0.25) is 0 Å². The highest BCUT2D eigenvalue weighted by Crippen LogP contribution is 2.14. The quantitative estimate of drug-likeness (QED) is 0.513. The van der Waals surface area contributed by atoms with Crippen molar-refractivity contribution in [3.05, 3.63) is 0 Å². The van der Waals surface area contributed by atoms with E-state index >= 15 is 0 Å². The van der Waals surface area contributed by atoms with E-state index in [-0.39, 0.29) is 0 Å². The van der Waals surface area contributed by atoms with Crippen molar-refractivity contribution < 1.29 is 0 Å². The van der Waals surface area contributed by atoms with E-state index in [1.54, 1.807) is 0 Å². The molecule has 0 amide bonds. The van der Waals surface area contributed by atoms with Gasteiger partial charge in [-0.3, -0.25) is 0 Å². The second-order valence-corrected chi connectivity index (χ2v) is 5.17. The van der Waals surface area contributed by atoms with Gasteiger partial charge in [-0.25, -0.2) is 0 Å². The molecule has 0 aromatic rings. The smallest absolute Gasteiger partial charge is 0.0223 e. The molecule has 90 valence electrons. The van der Waals surface area contributed by atoms with Gasteiger partial charge in [0.15, 0.2) is 0 Å². The number of hydrogen-bond donors (Lipinski definition) is 0. The monoisotopic (exact) mass is 232 g/mol. The van der Waals surface area contributed by atoms with Gasteiger partial charge in [0.25, 0.3) is 0 Å². The predicted octanol–water partition coefficient (Wildman–Crippen LogP) is 2.42. The molecule has 1 unspecified atom stereocenters. The topological polar surface area (TPSA) is 6.48 Å². The maximum atomic E-state index is 5.66. The third-order valence-corrected chi connectivity index (χ3v) is 3.63. The summed E-state index contributed by atoms with van der Waals surface area (Å²) in [4.78, 5) is 4.98. The van der Waals surface area contributed by atoms with E-state index in [1.807, 2.05) is 0 Å². The van der Waals surface area contributed by atoms with Crippen molar-refractivity contribution in [1.29, 1.82) is 0 Å². The highest BCUT2D eigenvalue weighted by Gasteiger charge is 2.20. The summed E-state index contributed by atoms with van der Waals surface area (Å²) >= 11 is 5.66. The maximum Gasteiger partial charge on any atom is 0.0223 e. The molecule has 1 saturated heterocycles. The number of hydrogen-bond acceptors (Lipinski definition) is 2. The van der Waals surface area contributed by atoms with E-state index in [9.17, 15) is 0 Å². The average molecular weight is 233 g/mol. The Labute approximate surface area is 99.6 Å². The van der Waals surface area contributed by atoms with Gasteiger partial charge in [0.1, 0.15) is 0 Å². The second kappa shape index (κ2) is 7.48. The normalized spacial score (nSPS) is 23.6. The summed E-state index contributed by atoms with van der Waals surface area (Å²) in [5, 5.41) is 0. The number of unbranched alkanes of at least 4 members (excludes halogenated alkanes) is 2. The van der Waals surface area contributed by atoms with Crippen LogP contribution in [0.15, 0.2) is 0 Å². The fourth-order valence-electron chi connectivity index (χ4n) is 2.31. The fourth-order valence-corrected chi connectivity index (χ4v) is 2.50. The molecule has 1 fully saturated rings. The molecule has 0 N–H and O–H groups in total. The molecule has 0 saturated carbocycles. The molecule has 0 aromatic heterocycles. The fraction of sp³-hybridized carbons (Fsp3) is 1.00. The minimum atomic E-state index is 0.778. The van der Waals surface area contributed by atoms with Gasteiger partial charge in [0.05, 0.1) is 0 Å². The van der Waals surface area contributed by atoms with Crippen molar-refractivity contribution in [2.24, 2.45) is 0 Å². The molecular weight excluding hydrogens is 208 g/mol. The van der Waals surface area contributed by atoms with E-state index in [0.29, 0.717) is 0 Å². The van der Waals surface area contributed by atoms with Gasteiger partial charge < -0.3 is 9.80 Å². The number of likely N-dealkylation sites (N-methyl/N-ethyl adjacent to an activating group) is 2. The lowest BCUT2D eigenvalue weighted by molar-refractivity contribution is 0.133. The van der Waals surface area contributed by atoms with Crippen molar-refractivity contribution in [3.8, 4) is 0 Å². The minimum Gasteiger partial charge on any atom is -0.305 e. The van der Waals surface area contributed by atoms with E-state index < -0.39 is 0 Å². The van der Waals surface area contributed by atoms with Gasteiger partial charge >= 0.3 is 0 Å². The summed E-state index contributed by atoms with van der Waals surface area (Å²) in [7, 11) is 4.50. The third-order valence-electron chi connectivity index (χ3n) is 3.37. The van der Waals surface area contributed by atoms with Crippen LogP contribution in [-0.4, -0.2) is 55.5 Å². The number of halogens is 1. The number of nitrogens with zero attached hydrogens (tertiary/aromatic N) is 2. The van der Waals surface area contributed by atoms with Crippen LogP contribution < -0.4 is 0 Å². The summed E-state index contributed by atoms with van der Waals surface area (Å²) < 4.78 is 0. The molecule has 1 aliphatic rings. The summed E-state index contributed by atoms with van der Waals surface area (Å²) in [6, 6.07) is 0.778. The molecule has 15 heavy (non-hydrogen) atoms. The molecule has 1 aliphatic heterocycles. The van der Waals surface area contributed by atoms with Crippen LogP contribution in [0.25, 0.3) is 0 Å². The standard InChI is InChI=1S/C12H25ClN2/c1-14-9-6-7-12(11-14)15(2)10-5-3-4-8-13/h12H,3-11H2,1-2H3. The molecular formula is C12H25ClN2. The van der Waals surface area contributed by atoms with Gasteiger partial charge in [-0.15, -0.1) is 11.6 Å². The lowest BCUT2D eigenvalue weighted by Crippen LogP contribution is -2.45. The van der Waals surface area contributed by atoms with E-state index in [0.717, 1.165) is 11.9 Å². The molecule has 0 spiro atoms. The Kier molecular flexibility index (Phi) is 6.62. The summed E-state index contributed by atoms with van der Waals surface area (Å²) in [5.41, 5.74) is 0. The SMILES string of the molecule is CN1CCCC(N(C)CCCCCCl)C1. The zero-order chi connectivity index (χ0) is 11.1. The molecule has 0 radical (unpaired) electrons. The zero-order valence-electron chi connectivity index (χ0n) is 10.2. The van der Waals surface area contributed by atoms with Crippen LogP contribution in [0.4, 0.5) is 0 Å². The average Bonchev–Trinajstić information content (AvgIpc) is 2.24. The Balaban J connectivity index is 2.12. The second-order valence-electron chi connectivity index (χ2n) is 4.79. The number of rotatable bonds is 6. The molecule has 2 nitrogen and oxygen atoms in total. The van der Waals surface area contributed by atoms with Crippen molar-refractivity contribution in [1.82, 2.24) is 9.80 Å². The third kappa shape index (κ3) is 5.19. The highest BCUT2D eigenvalue weighted by molar-refractivity contribution is 6.17. The first-order chi connectivity index (χ1) is 7.24. The number of alkyl halides is 1. The summed E-state index contributed by atoms with van der Waals surface area (Å²) in [6.07, 6.45) is 6.46. The van der Waals surface area contributed by atoms with E-state index in [2.05, 4.69) is 23.9 Å². The number of piperidine rings is 1. The molecule has 1 atom stereocenters. The van der Waals surface area contributed by atoms with Gasteiger partial charge in [-0.05, 0) is 52.9 Å². The van der Waals surface area contributed by atoms with Gasteiger partial charge in [-0.2, -0.15) is 0 Å². The summed E-state index contributed by atoms with van der Waals surface area (Å²) in [6.45, 7) is 3.75. The minimum absolute atomic E-state index is 0.778. The zero-order valence-corrected chi connectivity index (χ0v) is 11.0. The Morgan fingerprint density at radius 3 is 2.80 bits per heavy atom. The van der Waals surface area contributed by atoms with E-state index in [1.165, 1.54) is 51.7 Å². The van der Waals surface area contributed by atoms with Crippen molar-refractivity contribution in [2.75, 3.05) is 39.6 Å². The van der Waals surface area contributed by atoms with Gasteiger partial charge in [0, 0.05) is 18.5 Å². The predicted molar refractivity (Wildman–Crippen MR) is 67.7 cm³/mol. The molecule has 0 aromatic carbocycles. The van der Waals surface area contributed by atoms with Crippen molar-refractivity contribution in [2.45, 2.75) is 38.1 Å². The largest absolute Gasteiger partial charge is 0.305 e. The highest BCUT2D eigenvalue weighted by atomic mass is 35.5. The number of likely N-dealkylation sites (tertiary alicyclic amines) is 1. The van der Waals surface area contributed by atoms with E-state index in [4.69, 9.17) is 11.6 Å². The van der Waals surface area contributed by atoms with Crippen LogP contribution in [-0.2, 0) is 0 Å². The lowest BCUT2D eigenvalue weighted by Gasteiger charge is -2.35. The Bertz CT molecular complexity index is 164. The Hall–Kier alpha value is 0.210. The van der Waals surface area contributed by atoms with Gasteiger partial charge in [-0.1, -0.05) is 6.42 Å². The maximum absolute atomic E-state index is 5.66. The van der Waals surface area contributed by atoms with Crippen LogP contribution >= 0.6 is 11.6 Å². The van der Waals surface area contributed by atoms with Crippen LogP contribution in [0.5, 0.6) is 0 Å². The molecule has 0 aliphatic carbocycles. The lowest BCUT2D eigenvalue weighted by atomic mass is 10.0. The molecule has 0 bridgehead atoms.